The lowest BCUT2D eigenvalue weighted by Crippen LogP contribution is -2.21. The Bertz CT molecular complexity index is 618. The van der Waals surface area contributed by atoms with Crippen LogP contribution in [0, 0.1) is 0 Å². The Morgan fingerprint density at radius 3 is 2.38 bits per heavy atom. The summed E-state index contributed by atoms with van der Waals surface area (Å²) in [6.07, 6.45) is -4.46. The fraction of sp³-hybridized carbons (Fsp3) is 0.143. The van der Waals surface area contributed by atoms with E-state index in [0.29, 0.717) is 0 Å². The number of hydrogen-bond acceptors (Lipinski definition) is 3. The molecule has 0 aromatic heterocycles. The first kappa shape index (κ1) is 15.7. The van der Waals surface area contributed by atoms with Crippen LogP contribution in [0.5, 0.6) is 5.75 Å². The first-order valence-corrected chi connectivity index (χ1v) is 6.80. The van der Waals surface area contributed by atoms with Crippen molar-refractivity contribution >= 4 is 21.6 Å². The third-order valence-corrected chi connectivity index (χ3v) is 3.36. The van der Waals surface area contributed by atoms with Gasteiger partial charge in [0.15, 0.2) is 0 Å². The van der Waals surface area contributed by atoms with Crippen LogP contribution in [0.3, 0.4) is 0 Å². The number of hydrogen-bond donors (Lipinski definition) is 3. The number of phenolic OH excluding ortho intramolecular Hbond substituents is 1. The van der Waals surface area contributed by atoms with Gasteiger partial charge in [0.25, 0.3) is 0 Å². The highest BCUT2D eigenvalue weighted by molar-refractivity contribution is 9.10. The SMILES string of the molecule is Oc1c(Br)cc(C(F)(F)F)cc1CNNc1ccccc1. The maximum atomic E-state index is 12.7. The summed E-state index contributed by atoms with van der Waals surface area (Å²) in [5.74, 6) is -0.217. The summed E-state index contributed by atoms with van der Waals surface area (Å²) in [5, 5.41) is 9.80. The Morgan fingerprint density at radius 2 is 1.76 bits per heavy atom. The molecule has 0 saturated heterocycles. The topological polar surface area (TPSA) is 44.3 Å². The quantitative estimate of drug-likeness (QED) is 0.712. The van der Waals surface area contributed by atoms with Gasteiger partial charge in [-0.05, 0) is 40.2 Å². The second-order valence-electron chi connectivity index (χ2n) is 4.31. The molecule has 3 N–H and O–H groups in total. The van der Waals surface area contributed by atoms with Crippen LogP contribution < -0.4 is 10.9 Å². The van der Waals surface area contributed by atoms with Gasteiger partial charge in [-0.2, -0.15) is 13.2 Å². The second-order valence-corrected chi connectivity index (χ2v) is 5.16. The lowest BCUT2D eigenvalue weighted by atomic mass is 10.1. The van der Waals surface area contributed by atoms with E-state index >= 15 is 0 Å². The molecule has 0 radical (unpaired) electrons. The minimum absolute atomic E-state index is 0.00818. The molecule has 0 bridgehead atoms. The van der Waals surface area contributed by atoms with Crippen molar-refractivity contribution in [2.75, 3.05) is 5.43 Å². The highest BCUT2D eigenvalue weighted by atomic mass is 79.9. The number of benzene rings is 2. The average Bonchev–Trinajstić information content (AvgIpc) is 2.43. The fourth-order valence-corrected chi connectivity index (χ4v) is 2.22. The molecule has 0 unspecified atom stereocenters. The predicted molar refractivity (Wildman–Crippen MR) is 77.7 cm³/mol. The van der Waals surface area contributed by atoms with Crippen LogP contribution >= 0.6 is 15.9 Å². The molecule has 0 spiro atoms. The Balaban J connectivity index is 2.11. The van der Waals surface area contributed by atoms with Crippen LogP contribution in [0.1, 0.15) is 11.1 Å². The van der Waals surface area contributed by atoms with E-state index in [9.17, 15) is 18.3 Å². The Morgan fingerprint density at radius 1 is 1.10 bits per heavy atom. The summed E-state index contributed by atoms with van der Waals surface area (Å²) >= 11 is 2.93. The van der Waals surface area contributed by atoms with Gasteiger partial charge in [-0.1, -0.05) is 18.2 Å². The summed E-state index contributed by atoms with van der Waals surface area (Å²) in [6.45, 7) is 0.0310. The minimum Gasteiger partial charge on any atom is -0.506 e. The smallest absolute Gasteiger partial charge is 0.416 e. The number of rotatable bonds is 4. The number of halogens is 4. The Kier molecular flexibility index (Phi) is 4.74. The number of aromatic hydroxyl groups is 1. The first-order valence-electron chi connectivity index (χ1n) is 6.00. The van der Waals surface area contributed by atoms with Crippen molar-refractivity contribution in [2.24, 2.45) is 0 Å². The van der Waals surface area contributed by atoms with Crippen LogP contribution in [0.4, 0.5) is 18.9 Å². The summed E-state index contributed by atoms with van der Waals surface area (Å²) in [5.41, 5.74) is 5.70. The molecular formula is C14H12BrF3N2O. The van der Waals surface area contributed by atoms with E-state index in [2.05, 4.69) is 26.8 Å². The summed E-state index contributed by atoms with van der Waals surface area (Å²) in [4.78, 5) is 0. The molecule has 0 amide bonds. The molecule has 0 aliphatic carbocycles. The van der Waals surface area contributed by atoms with E-state index in [4.69, 9.17) is 0 Å². The standard InChI is InChI=1S/C14H12BrF3N2O/c15-12-7-10(14(16,17)18)6-9(13(12)21)8-19-20-11-4-2-1-3-5-11/h1-7,19-21H,8H2. The Labute approximate surface area is 127 Å². The predicted octanol–water partition coefficient (Wildman–Crippen LogP) is 4.29. The van der Waals surface area contributed by atoms with Crippen molar-refractivity contribution in [3.05, 3.63) is 58.1 Å². The largest absolute Gasteiger partial charge is 0.506 e. The number of alkyl halides is 3. The van der Waals surface area contributed by atoms with Crippen LogP contribution in [-0.2, 0) is 12.7 Å². The highest BCUT2D eigenvalue weighted by Crippen LogP contribution is 2.36. The fourth-order valence-electron chi connectivity index (χ4n) is 1.72. The molecule has 0 aliphatic heterocycles. The average molecular weight is 361 g/mol. The van der Waals surface area contributed by atoms with Gasteiger partial charge >= 0.3 is 6.18 Å². The van der Waals surface area contributed by atoms with E-state index in [1.165, 1.54) is 0 Å². The van der Waals surface area contributed by atoms with Crippen LogP contribution in [0.2, 0.25) is 0 Å². The van der Waals surface area contributed by atoms with Crippen molar-refractivity contribution in [1.29, 1.82) is 0 Å². The molecule has 3 nitrogen and oxygen atoms in total. The first-order chi connectivity index (χ1) is 9.88. The minimum atomic E-state index is -4.46. The van der Waals surface area contributed by atoms with Crippen LogP contribution in [0.15, 0.2) is 46.9 Å². The third-order valence-electron chi connectivity index (χ3n) is 2.76. The summed E-state index contributed by atoms with van der Waals surface area (Å²) in [6, 6.07) is 10.9. The van der Waals surface area contributed by atoms with Gasteiger partial charge in [-0.15, -0.1) is 0 Å². The molecule has 0 fully saturated rings. The lowest BCUT2D eigenvalue weighted by Gasteiger charge is -2.14. The van der Waals surface area contributed by atoms with Crippen molar-refractivity contribution in [1.82, 2.24) is 5.43 Å². The number of hydrazine groups is 1. The molecular weight excluding hydrogens is 349 g/mol. The molecule has 7 heteroatoms. The molecule has 112 valence electrons. The van der Waals surface area contributed by atoms with Crippen molar-refractivity contribution in [3.8, 4) is 5.75 Å². The number of para-hydroxylation sites is 1. The normalized spacial score (nSPS) is 11.4. The number of nitrogens with one attached hydrogen (secondary N) is 2. The summed E-state index contributed by atoms with van der Waals surface area (Å²) < 4.78 is 38.2. The van der Waals surface area contributed by atoms with E-state index in [1.807, 2.05) is 18.2 Å². The van der Waals surface area contributed by atoms with Gasteiger partial charge in [0.1, 0.15) is 5.75 Å². The number of phenols is 1. The van der Waals surface area contributed by atoms with Crippen LogP contribution in [0.25, 0.3) is 0 Å². The molecule has 0 saturated carbocycles. The summed E-state index contributed by atoms with van der Waals surface area (Å²) in [7, 11) is 0. The maximum absolute atomic E-state index is 12.7. The van der Waals surface area contributed by atoms with E-state index in [1.54, 1.807) is 12.1 Å². The van der Waals surface area contributed by atoms with Crippen molar-refractivity contribution < 1.29 is 18.3 Å². The van der Waals surface area contributed by atoms with Gasteiger partial charge in [-0.25, -0.2) is 5.43 Å². The zero-order chi connectivity index (χ0) is 15.5. The zero-order valence-electron chi connectivity index (χ0n) is 10.7. The van der Waals surface area contributed by atoms with E-state index in [-0.39, 0.29) is 22.3 Å². The van der Waals surface area contributed by atoms with Gasteiger partial charge in [0.2, 0.25) is 0 Å². The molecule has 21 heavy (non-hydrogen) atoms. The molecule has 0 aliphatic rings. The molecule has 0 heterocycles. The Hall–Kier alpha value is -1.73. The van der Waals surface area contributed by atoms with Crippen LogP contribution in [-0.4, -0.2) is 5.11 Å². The molecule has 2 aromatic rings. The van der Waals surface area contributed by atoms with Gasteiger partial charge < -0.3 is 10.5 Å². The van der Waals surface area contributed by atoms with Gasteiger partial charge in [0.05, 0.1) is 10.0 Å². The molecule has 0 atom stereocenters. The highest BCUT2D eigenvalue weighted by Gasteiger charge is 2.31. The van der Waals surface area contributed by atoms with Gasteiger partial charge in [-0.3, -0.25) is 0 Å². The third kappa shape index (κ3) is 4.12. The maximum Gasteiger partial charge on any atom is 0.416 e. The number of anilines is 1. The van der Waals surface area contributed by atoms with Crippen molar-refractivity contribution in [3.63, 3.8) is 0 Å². The molecule has 2 aromatic carbocycles. The van der Waals surface area contributed by atoms with Crippen molar-refractivity contribution in [2.45, 2.75) is 12.7 Å². The van der Waals surface area contributed by atoms with Gasteiger partial charge in [0, 0.05) is 17.8 Å². The van der Waals surface area contributed by atoms with E-state index in [0.717, 1.165) is 17.8 Å². The zero-order valence-corrected chi connectivity index (χ0v) is 12.3. The second kappa shape index (κ2) is 6.36. The van der Waals surface area contributed by atoms with E-state index < -0.39 is 11.7 Å². The molecule has 2 rings (SSSR count). The monoisotopic (exact) mass is 360 g/mol. The lowest BCUT2D eigenvalue weighted by molar-refractivity contribution is -0.137.